The molecule has 0 atom stereocenters. The van der Waals surface area contributed by atoms with Crippen molar-refractivity contribution in [3.63, 3.8) is 0 Å². The second-order valence-electron chi connectivity index (χ2n) is 5.77. The number of amides is 1. The summed E-state index contributed by atoms with van der Waals surface area (Å²) in [6.07, 6.45) is 3.44. The fourth-order valence-electron chi connectivity index (χ4n) is 2.75. The molecule has 2 aromatic rings. The van der Waals surface area contributed by atoms with Crippen molar-refractivity contribution in [2.45, 2.75) is 25.9 Å². The summed E-state index contributed by atoms with van der Waals surface area (Å²) >= 11 is 6.07. The smallest absolute Gasteiger partial charge is 0.253 e. The van der Waals surface area contributed by atoms with E-state index in [0.717, 1.165) is 37.1 Å². The van der Waals surface area contributed by atoms with Crippen LogP contribution in [0, 0.1) is 0 Å². The van der Waals surface area contributed by atoms with Crippen molar-refractivity contribution in [2.75, 3.05) is 13.1 Å². The lowest BCUT2D eigenvalue weighted by atomic mass is 10.1. The van der Waals surface area contributed by atoms with Crippen LogP contribution in [0.25, 0.3) is 0 Å². The molecule has 3 rings (SSSR count). The van der Waals surface area contributed by atoms with Crippen molar-refractivity contribution in [1.82, 2.24) is 4.90 Å². The minimum absolute atomic E-state index is 0.128. The molecular formula is C19H20ClNO2. The first-order valence-electron chi connectivity index (χ1n) is 7.99. The molecule has 120 valence electrons. The Morgan fingerprint density at radius 1 is 1.00 bits per heavy atom. The molecule has 2 aromatic carbocycles. The van der Waals surface area contributed by atoms with Gasteiger partial charge < -0.3 is 9.64 Å². The van der Waals surface area contributed by atoms with Crippen LogP contribution >= 0.6 is 11.6 Å². The van der Waals surface area contributed by atoms with Gasteiger partial charge in [-0.3, -0.25) is 4.79 Å². The second-order valence-corrected chi connectivity index (χ2v) is 6.18. The fourth-order valence-corrected chi connectivity index (χ4v) is 2.94. The molecule has 0 spiro atoms. The summed E-state index contributed by atoms with van der Waals surface area (Å²) in [7, 11) is 0. The molecule has 1 saturated heterocycles. The van der Waals surface area contributed by atoms with Crippen LogP contribution in [-0.4, -0.2) is 23.9 Å². The summed E-state index contributed by atoms with van der Waals surface area (Å²) in [6.45, 7) is 2.17. The first-order chi connectivity index (χ1) is 11.2. The average Bonchev–Trinajstić information content (AvgIpc) is 2.62. The molecule has 1 heterocycles. The van der Waals surface area contributed by atoms with Crippen LogP contribution in [0.3, 0.4) is 0 Å². The Labute approximate surface area is 141 Å². The highest BCUT2D eigenvalue weighted by molar-refractivity contribution is 6.32. The minimum Gasteiger partial charge on any atom is -0.487 e. The first kappa shape index (κ1) is 15.9. The Morgan fingerprint density at radius 3 is 2.39 bits per heavy atom. The van der Waals surface area contributed by atoms with Crippen LogP contribution < -0.4 is 4.74 Å². The van der Waals surface area contributed by atoms with E-state index in [-0.39, 0.29) is 5.91 Å². The molecule has 1 amide bonds. The van der Waals surface area contributed by atoms with Crippen molar-refractivity contribution >= 4 is 17.5 Å². The molecule has 0 radical (unpaired) electrons. The third-order valence-electron chi connectivity index (χ3n) is 4.08. The maximum absolute atomic E-state index is 12.4. The highest BCUT2D eigenvalue weighted by Gasteiger charge is 2.17. The number of para-hydroxylation sites is 1. The lowest BCUT2D eigenvalue weighted by molar-refractivity contribution is 0.0724. The highest BCUT2D eigenvalue weighted by Crippen LogP contribution is 2.24. The van der Waals surface area contributed by atoms with Gasteiger partial charge in [0.25, 0.3) is 5.91 Å². The van der Waals surface area contributed by atoms with E-state index >= 15 is 0 Å². The Kier molecular flexibility index (Phi) is 5.19. The quantitative estimate of drug-likeness (QED) is 0.823. The van der Waals surface area contributed by atoms with Crippen LogP contribution in [0.1, 0.15) is 35.2 Å². The van der Waals surface area contributed by atoms with E-state index in [1.165, 1.54) is 6.42 Å². The third-order valence-corrected chi connectivity index (χ3v) is 4.39. The van der Waals surface area contributed by atoms with Gasteiger partial charge in [-0.2, -0.15) is 0 Å². The van der Waals surface area contributed by atoms with Crippen molar-refractivity contribution < 1.29 is 9.53 Å². The molecule has 3 nitrogen and oxygen atoms in total. The van der Waals surface area contributed by atoms with E-state index in [9.17, 15) is 4.79 Å². The summed E-state index contributed by atoms with van der Waals surface area (Å²) in [5.41, 5.74) is 1.76. The number of ether oxygens (including phenoxy) is 1. The standard InChI is InChI=1S/C19H20ClNO2/c20-17-6-2-3-7-18(17)23-14-15-8-10-16(11-9-15)19(22)21-12-4-1-5-13-21/h2-3,6-11H,1,4-5,12-14H2. The molecule has 0 aromatic heterocycles. The number of rotatable bonds is 4. The van der Waals surface area contributed by atoms with E-state index in [0.29, 0.717) is 17.4 Å². The summed E-state index contributed by atoms with van der Waals surface area (Å²) in [5.74, 6) is 0.797. The Morgan fingerprint density at radius 2 is 1.70 bits per heavy atom. The van der Waals surface area contributed by atoms with E-state index < -0.39 is 0 Å². The van der Waals surface area contributed by atoms with Crippen molar-refractivity contribution in [3.05, 3.63) is 64.7 Å². The van der Waals surface area contributed by atoms with Gasteiger partial charge in [0.2, 0.25) is 0 Å². The summed E-state index contributed by atoms with van der Waals surface area (Å²) in [6, 6.07) is 15.0. The van der Waals surface area contributed by atoms with Crippen LogP contribution in [0.15, 0.2) is 48.5 Å². The van der Waals surface area contributed by atoms with Gasteiger partial charge in [-0.15, -0.1) is 0 Å². The molecule has 0 aliphatic carbocycles. The third kappa shape index (κ3) is 4.05. The zero-order chi connectivity index (χ0) is 16.1. The van der Waals surface area contributed by atoms with Gasteiger partial charge in [0.15, 0.2) is 0 Å². The van der Waals surface area contributed by atoms with Crippen LogP contribution in [0.5, 0.6) is 5.75 Å². The monoisotopic (exact) mass is 329 g/mol. The molecule has 0 N–H and O–H groups in total. The van der Waals surface area contributed by atoms with E-state index in [1.54, 1.807) is 6.07 Å². The summed E-state index contributed by atoms with van der Waals surface area (Å²) < 4.78 is 5.71. The van der Waals surface area contributed by atoms with Gasteiger partial charge in [-0.1, -0.05) is 35.9 Å². The predicted octanol–water partition coefficient (Wildman–Crippen LogP) is 4.55. The maximum Gasteiger partial charge on any atom is 0.253 e. The first-order valence-corrected chi connectivity index (χ1v) is 8.37. The van der Waals surface area contributed by atoms with E-state index in [1.807, 2.05) is 47.4 Å². The highest BCUT2D eigenvalue weighted by atomic mass is 35.5. The number of hydrogen-bond acceptors (Lipinski definition) is 2. The topological polar surface area (TPSA) is 29.5 Å². The van der Waals surface area contributed by atoms with Gasteiger partial charge in [0, 0.05) is 18.7 Å². The predicted molar refractivity (Wildman–Crippen MR) is 92.0 cm³/mol. The maximum atomic E-state index is 12.4. The molecule has 1 aliphatic heterocycles. The molecule has 4 heteroatoms. The minimum atomic E-state index is 0.128. The van der Waals surface area contributed by atoms with E-state index in [2.05, 4.69) is 0 Å². The number of piperidine rings is 1. The number of likely N-dealkylation sites (tertiary alicyclic amines) is 1. The van der Waals surface area contributed by atoms with Gasteiger partial charge >= 0.3 is 0 Å². The molecule has 0 bridgehead atoms. The Bertz CT molecular complexity index is 663. The Hall–Kier alpha value is -2.00. The molecule has 0 unspecified atom stereocenters. The van der Waals surface area contributed by atoms with E-state index in [4.69, 9.17) is 16.3 Å². The number of carbonyl (C=O) groups excluding carboxylic acids is 1. The number of hydrogen-bond donors (Lipinski definition) is 0. The summed E-state index contributed by atoms with van der Waals surface area (Å²) in [5, 5.41) is 0.601. The van der Waals surface area contributed by atoms with Gasteiger partial charge in [0.05, 0.1) is 5.02 Å². The van der Waals surface area contributed by atoms with Crippen molar-refractivity contribution in [1.29, 1.82) is 0 Å². The Balaban J connectivity index is 1.60. The SMILES string of the molecule is O=C(c1ccc(COc2ccccc2Cl)cc1)N1CCCCC1. The number of benzene rings is 2. The zero-order valence-corrected chi connectivity index (χ0v) is 13.8. The molecule has 1 fully saturated rings. The largest absolute Gasteiger partial charge is 0.487 e. The molecular weight excluding hydrogens is 310 g/mol. The lowest BCUT2D eigenvalue weighted by Crippen LogP contribution is -2.35. The average molecular weight is 330 g/mol. The lowest BCUT2D eigenvalue weighted by Gasteiger charge is -2.26. The fraction of sp³-hybridized carbons (Fsp3) is 0.316. The molecule has 1 aliphatic rings. The second kappa shape index (κ2) is 7.51. The zero-order valence-electron chi connectivity index (χ0n) is 13.0. The van der Waals surface area contributed by atoms with Crippen LogP contribution in [0.2, 0.25) is 5.02 Å². The van der Waals surface area contributed by atoms with Crippen molar-refractivity contribution in [2.24, 2.45) is 0 Å². The molecule has 0 saturated carbocycles. The van der Waals surface area contributed by atoms with Gasteiger partial charge in [0.1, 0.15) is 12.4 Å². The van der Waals surface area contributed by atoms with Crippen LogP contribution in [-0.2, 0) is 6.61 Å². The number of halogens is 1. The van der Waals surface area contributed by atoms with Crippen molar-refractivity contribution in [3.8, 4) is 5.75 Å². The summed E-state index contributed by atoms with van der Waals surface area (Å²) in [4.78, 5) is 14.4. The van der Waals surface area contributed by atoms with Gasteiger partial charge in [-0.05, 0) is 49.1 Å². The van der Waals surface area contributed by atoms with Crippen LogP contribution in [0.4, 0.5) is 0 Å². The number of carbonyl (C=O) groups is 1. The van der Waals surface area contributed by atoms with Gasteiger partial charge in [-0.25, -0.2) is 0 Å². The molecule has 23 heavy (non-hydrogen) atoms. The normalized spacial score (nSPS) is 14.6. The number of nitrogens with zero attached hydrogens (tertiary/aromatic N) is 1.